The molecular formula is C15H32N4. The molecule has 0 bridgehead atoms. The molecule has 0 radical (unpaired) electrons. The zero-order valence-electron chi connectivity index (χ0n) is 13.4. The minimum absolute atomic E-state index is 0.634. The summed E-state index contributed by atoms with van der Waals surface area (Å²) in [6, 6.07) is 2.67. The van der Waals surface area contributed by atoms with Gasteiger partial charge in [-0.25, -0.2) is 0 Å². The molecule has 4 heteroatoms. The Morgan fingerprint density at radius 3 is 2.21 bits per heavy atom. The van der Waals surface area contributed by atoms with Gasteiger partial charge < -0.3 is 15.1 Å². The molecule has 4 unspecified atom stereocenters. The zero-order valence-corrected chi connectivity index (χ0v) is 13.4. The predicted octanol–water partition coefficient (Wildman–Crippen LogP) is 0.693. The number of hydrogen-bond acceptors (Lipinski definition) is 4. The Bertz CT molecular complexity index is 273. The molecule has 2 aliphatic rings. The van der Waals surface area contributed by atoms with Gasteiger partial charge in [0.15, 0.2) is 0 Å². The van der Waals surface area contributed by atoms with Gasteiger partial charge in [0.25, 0.3) is 0 Å². The minimum Gasteiger partial charge on any atom is -0.309 e. The van der Waals surface area contributed by atoms with E-state index in [-0.39, 0.29) is 0 Å². The summed E-state index contributed by atoms with van der Waals surface area (Å²) in [4.78, 5) is 7.70. The lowest BCUT2D eigenvalue weighted by atomic mass is 10.0. The number of nitrogens with one attached hydrogen (secondary N) is 1. The second kappa shape index (κ2) is 6.53. The van der Waals surface area contributed by atoms with Gasteiger partial charge in [0.2, 0.25) is 0 Å². The topological polar surface area (TPSA) is 21.8 Å². The quantitative estimate of drug-likeness (QED) is 0.813. The Morgan fingerprint density at radius 1 is 0.947 bits per heavy atom. The van der Waals surface area contributed by atoms with Crippen LogP contribution in [0.1, 0.15) is 27.2 Å². The standard InChI is InChI=1S/C15H32N4/c1-12-8-19(9-13(2)16-12)7-6-15-11-17(4)10-14(3)18(15)5/h12-16H,6-11H2,1-5H3. The summed E-state index contributed by atoms with van der Waals surface area (Å²) in [7, 11) is 4.55. The molecule has 19 heavy (non-hydrogen) atoms. The summed E-state index contributed by atoms with van der Waals surface area (Å²) in [5, 5.41) is 3.61. The van der Waals surface area contributed by atoms with E-state index in [1.807, 2.05) is 0 Å². The Labute approximate surface area is 119 Å². The maximum atomic E-state index is 3.61. The van der Waals surface area contributed by atoms with Crippen molar-refractivity contribution in [1.82, 2.24) is 20.0 Å². The number of nitrogens with zero attached hydrogens (tertiary/aromatic N) is 3. The molecule has 1 N–H and O–H groups in total. The van der Waals surface area contributed by atoms with Crippen molar-refractivity contribution in [3.8, 4) is 0 Å². The van der Waals surface area contributed by atoms with E-state index < -0.39 is 0 Å². The fourth-order valence-corrected chi connectivity index (χ4v) is 3.75. The van der Waals surface area contributed by atoms with Crippen molar-refractivity contribution in [3.63, 3.8) is 0 Å². The fourth-order valence-electron chi connectivity index (χ4n) is 3.75. The average Bonchev–Trinajstić information content (AvgIpc) is 2.30. The van der Waals surface area contributed by atoms with Crippen LogP contribution < -0.4 is 5.32 Å². The highest BCUT2D eigenvalue weighted by atomic mass is 15.3. The van der Waals surface area contributed by atoms with Crippen molar-refractivity contribution in [2.45, 2.75) is 51.4 Å². The first kappa shape index (κ1) is 15.2. The Kier molecular flexibility index (Phi) is 5.23. The lowest BCUT2D eigenvalue weighted by Gasteiger charge is -2.44. The minimum atomic E-state index is 0.634. The Hall–Kier alpha value is -0.160. The second-order valence-corrected chi connectivity index (χ2v) is 6.91. The smallest absolute Gasteiger partial charge is 0.0235 e. The van der Waals surface area contributed by atoms with Crippen LogP contribution in [0.25, 0.3) is 0 Å². The molecule has 2 fully saturated rings. The lowest BCUT2D eigenvalue weighted by molar-refractivity contribution is 0.0520. The lowest BCUT2D eigenvalue weighted by Crippen LogP contribution is -2.57. The third kappa shape index (κ3) is 4.15. The number of hydrogen-bond donors (Lipinski definition) is 1. The summed E-state index contributed by atoms with van der Waals surface area (Å²) in [5.41, 5.74) is 0. The summed E-state index contributed by atoms with van der Waals surface area (Å²) in [5.74, 6) is 0. The molecule has 2 saturated heterocycles. The normalized spacial score (nSPS) is 39.6. The molecule has 112 valence electrons. The second-order valence-electron chi connectivity index (χ2n) is 6.91. The van der Waals surface area contributed by atoms with Gasteiger partial charge in [0.05, 0.1) is 0 Å². The third-order valence-electron chi connectivity index (χ3n) is 4.78. The molecule has 0 aromatic heterocycles. The molecule has 0 amide bonds. The van der Waals surface area contributed by atoms with Crippen LogP contribution in [0, 0.1) is 0 Å². The molecule has 0 saturated carbocycles. The zero-order chi connectivity index (χ0) is 14.0. The van der Waals surface area contributed by atoms with Gasteiger partial charge in [-0.1, -0.05) is 0 Å². The maximum absolute atomic E-state index is 3.61. The van der Waals surface area contributed by atoms with Gasteiger partial charge in [0.1, 0.15) is 0 Å². The van der Waals surface area contributed by atoms with Crippen molar-refractivity contribution < 1.29 is 0 Å². The van der Waals surface area contributed by atoms with Crippen LogP contribution in [-0.2, 0) is 0 Å². The molecule has 0 spiro atoms. The van der Waals surface area contributed by atoms with E-state index in [1.54, 1.807) is 0 Å². The molecule has 2 rings (SSSR count). The third-order valence-corrected chi connectivity index (χ3v) is 4.78. The van der Waals surface area contributed by atoms with Crippen molar-refractivity contribution in [2.24, 2.45) is 0 Å². The molecule has 0 aliphatic carbocycles. The van der Waals surface area contributed by atoms with Crippen LogP contribution in [-0.4, -0.2) is 85.7 Å². The Morgan fingerprint density at radius 2 is 1.58 bits per heavy atom. The number of rotatable bonds is 3. The largest absolute Gasteiger partial charge is 0.309 e. The molecular weight excluding hydrogens is 236 g/mol. The van der Waals surface area contributed by atoms with Crippen molar-refractivity contribution in [1.29, 1.82) is 0 Å². The monoisotopic (exact) mass is 268 g/mol. The van der Waals surface area contributed by atoms with Gasteiger partial charge in [-0.2, -0.15) is 0 Å². The van der Waals surface area contributed by atoms with E-state index in [0.29, 0.717) is 24.2 Å². The summed E-state index contributed by atoms with van der Waals surface area (Å²) in [6.45, 7) is 13.0. The van der Waals surface area contributed by atoms with Gasteiger partial charge in [-0.15, -0.1) is 0 Å². The fraction of sp³-hybridized carbons (Fsp3) is 1.00. The number of piperazine rings is 2. The highest BCUT2D eigenvalue weighted by molar-refractivity contribution is 4.86. The van der Waals surface area contributed by atoms with Crippen LogP contribution >= 0.6 is 0 Å². The molecule has 4 nitrogen and oxygen atoms in total. The van der Waals surface area contributed by atoms with E-state index in [9.17, 15) is 0 Å². The van der Waals surface area contributed by atoms with Crippen LogP contribution in [0.4, 0.5) is 0 Å². The van der Waals surface area contributed by atoms with Crippen LogP contribution in [0.15, 0.2) is 0 Å². The molecule has 4 atom stereocenters. The van der Waals surface area contributed by atoms with Gasteiger partial charge in [-0.05, 0) is 47.8 Å². The van der Waals surface area contributed by atoms with Gasteiger partial charge in [-0.3, -0.25) is 4.90 Å². The molecule has 0 aromatic carbocycles. The highest BCUT2D eigenvalue weighted by Crippen LogP contribution is 2.16. The van der Waals surface area contributed by atoms with Crippen LogP contribution in [0.2, 0.25) is 0 Å². The van der Waals surface area contributed by atoms with E-state index in [4.69, 9.17) is 0 Å². The van der Waals surface area contributed by atoms with E-state index in [1.165, 1.54) is 39.1 Å². The highest BCUT2D eigenvalue weighted by Gasteiger charge is 2.28. The summed E-state index contributed by atoms with van der Waals surface area (Å²) < 4.78 is 0. The van der Waals surface area contributed by atoms with Gasteiger partial charge in [0, 0.05) is 50.3 Å². The summed E-state index contributed by atoms with van der Waals surface area (Å²) >= 11 is 0. The van der Waals surface area contributed by atoms with E-state index >= 15 is 0 Å². The van der Waals surface area contributed by atoms with Crippen molar-refractivity contribution in [3.05, 3.63) is 0 Å². The molecule has 2 heterocycles. The maximum Gasteiger partial charge on any atom is 0.0235 e. The molecule has 0 aromatic rings. The van der Waals surface area contributed by atoms with E-state index in [0.717, 1.165) is 0 Å². The molecule has 2 aliphatic heterocycles. The van der Waals surface area contributed by atoms with Crippen LogP contribution in [0.5, 0.6) is 0 Å². The predicted molar refractivity (Wildman–Crippen MR) is 81.6 cm³/mol. The Balaban J connectivity index is 1.80. The first-order chi connectivity index (χ1) is 8.95. The van der Waals surface area contributed by atoms with Crippen LogP contribution in [0.3, 0.4) is 0 Å². The number of likely N-dealkylation sites (N-methyl/N-ethyl adjacent to an activating group) is 2. The van der Waals surface area contributed by atoms with Crippen molar-refractivity contribution in [2.75, 3.05) is 46.8 Å². The average molecular weight is 268 g/mol. The van der Waals surface area contributed by atoms with E-state index in [2.05, 4.69) is 54.9 Å². The SMILES string of the molecule is CC1CN(CCC2CN(C)CC(C)N2C)CC(C)N1. The van der Waals surface area contributed by atoms with Crippen molar-refractivity contribution >= 4 is 0 Å². The first-order valence-electron chi connectivity index (χ1n) is 7.84. The summed E-state index contributed by atoms with van der Waals surface area (Å²) in [6.07, 6.45) is 1.30. The van der Waals surface area contributed by atoms with Gasteiger partial charge >= 0.3 is 0 Å². The first-order valence-corrected chi connectivity index (χ1v) is 7.84.